The van der Waals surface area contributed by atoms with Crippen LogP contribution in [0.15, 0.2) is 12.3 Å². The van der Waals surface area contributed by atoms with Crippen molar-refractivity contribution in [3.05, 3.63) is 23.4 Å². The molecule has 0 fully saturated rings. The molecule has 1 heterocycles. The molecule has 0 aliphatic rings. The van der Waals surface area contributed by atoms with Gasteiger partial charge in [0.25, 0.3) is 0 Å². The van der Waals surface area contributed by atoms with Crippen molar-refractivity contribution in [1.82, 2.24) is 10.3 Å². The third kappa shape index (κ3) is 3.76. The van der Waals surface area contributed by atoms with Crippen molar-refractivity contribution < 1.29 is 4.79 Å². The molecule has 2 N–H and O–H groups in total. The molecule has 0 aliphatic heterocycles. The molecule has 0 aliphatic carbocycles. The Morgan fingerprint density at radius 3 is 2.88 bits per heavy atom. The lowest BCUT2D eigenvalue weighted by molar-refractivity contribution is -0.119. The number of nitrogens with zero attached hydrogens (tertiary/aromatic N) is 2. The molecule has 1 aromatic heterocycles. The van der Waals surface area contributed by atoms with E-state index >= 15 is 0 Å². The molecule has 5 heteroatoms. The molecule has 0 spiro atoms. The van der Waals surface area contributed by atoms with Crippen LogP contribution in [-0.4, -0.2) is 23.5 Å². The van der Waals surface area contributed by atoms with Gasteiger partial charge >= 0.3 is 0 Å². The fourth-order valence-corrected chi connectivity index (χ4v) is 1.37. The fourth-order valence-electron chi connectivity index (χ4n) is 1.37. The minimum atomic E-state index is -0.118. The van der Waals surface area contributed by atoms with Gasteiger partial charge in [0.05, 0.1) is 12.1 Å². The van der Waals surface area contributed by atoms with E-state index in [2.05, 4.69) is 21.7 Å². The smallest absolute Gasteiger partial charge is 0.239 e. The van der Waals surface area contributed by atoms with Crippen LogP contribution in [0, 0.1) is 18.3 Å². The number of nitriles is 1. The van der Waals surface area contributed by atoms with Gasteiger partial charge in [-0.1, -0.05) is 0 Å². The van der Waals surface area contributed by atoms with E-state index in [-0.39, 0.29) is 18.5 Å². The number of aromatic nitrogens is 1. The average Bonchev–Trinajstić information content (AvgIpc) is 2.25. The first-order valence-corrected chi connectivity index (χ1v) is 5.43. The van der Waals surface area contributed by atoms with E-state index in [4.69, 9.17) is 5.26 Å². The van der Waals surface area contributed by atoms with Gasteiger partial charge in [-0.25, -0.2) is 4.98 Å². The van der Waals surface area contributed by atoms with Crippen LogP contribution in [0.5, 0.6) is 0 Å². The standard InChI is InChI=1S/C12H16N4O/c1-8(2)16-11(17)7-15-12-10(6-13)9(3)4-5-14-12/h4-5,8H,7H2,1-3H3,(H,14,15)(H,16,17). The highest BCUT2D eigenvalue weighted by Gasteiger charge is 2.08. The molecule has 0 unspecified atom stereocenters. The maximum atomic E-state index is 11.4. The molecule has 0 saturated carbocycles. The van der Waals surface area contributed by atoms with Gasteiger partial charge in [-0.2, -0.15) is 5.26 Å². The van der Waals surface area contributed by atoms with Gasteiger partial charge in [0.15, 0.2) is 0 Å². The van der Waals surface area contributed by atoms with Crippen LogP contribution >= 0.6 is 0 Å². The number of anilines is 1. The lowest BCUT2D eigenvalue weighted by atomic mass is 10.1. The van der Waals surface area contributed by atoms with E-state index in [1.54, 1.807) is 12.3 Å². The second-order valence-electron chi connectivity index (χ2n) is 4.04. The molecule has 17 heavy (non-hydrogen) atoms. The van der Waals surface area contributed by atoms with Crippen LogP contribution in [0.4, 0.5) is 5.82 Å². The normalized spacial score (nSPS) is 9.82. The molecule has 1 amide bonds. The highest BCUT2D eigenvalue weighted by Crippen LogP contribution is 2.14. The summed E-state index contributed by atoms with van der Waals surface area (Å²) in [6.07, 6.45) is 1.61. The van der Waals surface area contributed by atoms with Crippen LogP contribution < -0.4 is 10.6 Å². The number of nitrogens with one attached hydrogen (secondary N) is 2. The van der Waals surface area contributed by atoms with Gasteiger partial charge in [0, 0.05) is 12.2 Å². The molecule has 0 saturated heterocycles. The Hall–Kier alpha value is -2.09. The maximum Gasteiger partial charge on any atom is 0.239 e. The minimum absolute atomic E-state index is 0.102. The second kappa shape index (κ2) is 5.85. The first kappa shape index (κ1) is 13.0. The summed E-state index contributed by atoms with van der Waals surface area (Å²) in [4.78, 5) is 15.5. The van der Waals surface area contributed by atoms with Crippen molar-refractivity contribution in [1.29, 1.82) is 5.26 Å². The molecular weight excluding hydrogens is 216 g/mol. The van der Waals surface area contributed by atoms with Gasteiger partial charge in [0.1, 0.15) is 11.9 Å². The monoisotopic (exact) mass is 232 g/mol. The zero-order chi connectivity index (χ0) is 12.8. The summed E-state index contributed by atoms with van der Waals surface area (Å²) in [6, 6.07) is 3.94. The van der Waals surface area contributed by atoms with Crippen LogP contribution in [-0.2, 0) is 4.79 Å². The number of rotatable bonds is 4. The molecular formula is C12H16N4O. The highest BCUT2D eigenvalue weighted by atomic mass is 16.1. The van der Waals surface area contributed by atoms with Crippen molar-refractivity contribution in [3.63, 3.8) is 0 Å². The zero-order valence-corrected chi connectivity index (χ0v) is 10.2. The van der Waals surface area contributed by atoms with Crippen molar-refractivity contribution in [2.45, 2.75) is 26.8 Å². The number of aryl methyl sites for hydroxylation is 1. The number of hydrogen-bond acceptors (Lipinski definition) is 4. The van der Waals surface area contributed by atoms with E-state index in [9.17, 15) is 4.79 Å². The molecule has 1 aromatic rings. The molecule has 90 valence electrons. The number of pyridine rings is 1. The predicted molar refractivity (Wildman–Crippen MR) is 65.5 cm³/mol. The van der Waals surface area contributed by atoms with E-state index in [1.807, 2.05) is 20.8 Å². The van der Waals surface area contributed by atoms with E-state index in [0.29, 0.717) is 11.4 Å². The number of carbonyl (C=O) groups excluding carboxylic acids is 1. The van der Waals surface area contributed by atoms with E-state index < -0.39 is 0 Å². The van der Waals surface area contributed by atoms with Crippen molar-refractivity contribution >= 4 is 11.7 Å². The Bertz CT molecular complexity index is 448. The van der Waals surface area contributed by atoms with Crippen LogP contribution in [0.25, 0.3) is 0 Å². The third-order valence-corrected chi connectivity index (χ3v) is 2.14. The lowest BCUT2D eigenvalue weighted by Gasteiger charge is -2.10. The van der Waals surface area contributed by atoms with Crippen molar-refractivity contribution in [2.75, 3.05) is 11.9 Å². The minimum Gasteiger partial charge on any atom is -0.360 e. The van der Waals surface area contributed by atoms with Crippen LogP contribution in [0.1, 0.15) is 25.0 Å². The van der Waals surface area contributed by atoms with E-state index in [0.717, 1.165) is 5.56 Å². The van der Waals surface area contributed by atoms with Crippen LogP contribution in [0.3, 0.4) is 0 Å². The topological polar surface area (TPSA) is 77.8 Å². The SMILES string of the molecule is Cc1ccnc(NCC(=O)NC(C)C)c1C#N. The summed E-state index contributed by atoms with van der Waals surface area (Å²) in [5.74, 6) is 0.332. The Balaban J connectivity index is 2.67. The molecule has 1 rings (SSSR count). The number of amides is 1. The second-order valence-corrected chi connectivity index (χ2v) is 4.04. The summed E-state index contributed by atoms with van der Waals surface area (Å²) < 4.78 is 0. The van der Waals surface area contributed by atoms with Gasteiger partial charge in [-0.15, -0.1) is 0 Å². The Morgan fingerprint density at radius 2 is 2.29 bits per heavy atom. The molecule has 0 bridgehead atoms. The van der Waals surface area contributed by atoms with Gasteiger partial charge < -0.3 is 10.6 Å². The summed E-state index contributed by atoms with van der Waals surface area (Å²) in [6.45, 7) is 5.73. The molecule has 0 radical (unpaired) electrons. The molecule has 0 aromatic carbocycles. The van der Waals surface area contributed by atoms with Crippen molar-refractivity contribution in [3.8, 4) is 6.07 Å². The Labute approximate surface area is 101 Å². The number of hydrogen-bond donors (Lipinski definition) is 2. The van der Waals surface area contributed by atoms with Gasteiger partial charge in [0.2, 0.25) is 5.91 Å². The maximum absolute atomic E-state index is 11.4. The highest BCUT2D eigenvalue weighted by molar-refractivity contribution is 5.81. The Kier molecular flexibility index (Phi) is 4.46. The summed E-state index contributed by atoms with van der Waals surface area (Å²) in [7, 11) is 0. The van der Waals surface area contributed by atoms with Gasteiger partial charge in [-0.3, -0.25) is 4.79 Å². The molecule has 0 atom stereocenters. The van der Waals surface area contributed by atoms with Crippen molar-refractivity contribution in [2.24, 2.45) is 0 Å². The lowest BCUT2D eigenvalue weighted by Crippen LogP contribution is -2.35. The summed E-state index contributed by atoms with van der Waals surface area (Å²) in [5.41, 5.74) is 1.32. The first-order chi connectivity index (χ1) is 8.04. The average molecular weight is 232 g/mol. The fraction of sp³-hybridized carbons (Fsp3) is 0.417. The number of carbonyl (C=O) groups is 1. The predicted octanol–water partition coefficient (Wildman–Crippen LogP) is 1.20. The Morgan fingerprint density at radius 1 is 1.59 bits per heavy atom. The molecule has 5 nitrogen and oxygen atoms in total. The van der Waals surface area contributed by atoms with Gasteiger partial charge in [-0.05, 0) is 32.4 Å². The van der Waals surface area contributed by atoms with E-state index in [1.165, 1.54) is 0 Å². The third-order valence-electron chi connectivity index (χ3n) is 2.14. The first-order valence-electron chi connectivity index (χ1n) is 5.43. The summed E-state index contributed by atoms with van der Waals surface area (Å²) in [5, 5.41) is 14.6. The largest absolute Gasteiger partial charge is 0.360 e. The zero-order valence-electron chi connectivity index (χ0n) is 10.2. The van der Waals surface area contributed by atoms with Crippen LogP contribution in [0.2, 0.25) is 0 Å². The summed E-state index contributed by atoms with van der Waals surface area (Å²) >= 11 is 0. The quantitative estimate of drug-likeness (QED) is 0.817.